The standard InChI is InChI=1S/C12H17.C4H6O7S.Na/c1-2-3-4-6-9-12-10-7-5-8-11-12;5-3(6)1-2(4(7)8)12(9,10)11;/h5,7-8,10H,2-4,6,9H2,1H3;2H,1H2,(H,5,6)(H,7,8)(H,9,10,11);. The monoisotopic (exact) mass is 382 g/mol. The molecule has 3 N–H and O–H groups in total. The molecule has 0 spiro atoms. The van der Waals surface area contributed by atoms with Crippen LogP contribution in [0.3, 0.4) is 0 Å². The van der Waals surface area contributed by atoms with Crippen molar-refractivity contribution in [1.82, 2.24) is 0 Å². The number of carboxylic acid groups (broad SMARTS) is 2. The zero-order valence-electron chi connectivity index (χ0n) is 14.5. The van der Waals surface area contributed by atoms with E-state index in [1.807, 2.05) is 0 Å². The summed E-state index contributed by atoms with van der Waals surface area (Å²) < 4.78 is 30.2. The zero-order chi connectivity index (χ0) is 19.5. The fraction of sp³-hybridized carbons (Fsp3) is 0.500. The summed E-state index contributed by atoms with van der Waals surface area (Å²) in [6.07, 6.45) is 5.62. The number of rotatable bonds is 9. The minimum absolute atomic E-state index is 1.16. The van der Waals surface area contributed by atoms with E-state index in [-0.39, 0.29) is 0 Å². The maximum Gasteiger partial charge on any atom is 0.325 e. The first kappa shape index (κ1) is 24.1. The van der Waals surface area contributed by atoms with Crippen LogP contribution in [0.1, 0.15) is 44.6 Å². The molecule has 25 heavy (non-hydrogen) atoms. The minimum atomic E-state index is -4.84. The average molecular weight is 382 g/mol. The normalized spacial score (nSPS) is 12.0. The van der Waals surface area contributed by atoms with Crippen LogP contribution in [-0.2, 0) is 26.1 Å². The fourth-order valence-corrected chi connectivity index (χ4v) is 3.33. The summed E-state index contributed by atoms with van der Waals surface area (Å²) in [4.78, 5) is 20.0. The molecule has 1 aromatic carbocycles. The molecule has 1 unspecified atom stereocenters. The Labute approximate surface area is 165 Å². The molecule has 0 amide bonds. The maximum atomic E-state index is 10.2. The van der Waals surface area contributed by atoms with Crippen LogP contribution in [0, 0.1) is 0 Å². The van der Waals surface area contributed by atoms with Crippen LogP contribution < -0.4 is 2.81 Å². The number of carboxylic acids is 2. The van der Waals surface area contributed by atoms with Gasteiger partial charge in [-0.25, -0.2) is 0 Å². The Bertz CT molecular complexity index is 658. The number of hydrogen-bond acceptors (Lipinski definition) is 4. The number of hydrogen-bond donors (Lipinski definition) is 3. The molecule has 0 saturated heterocycles. The summed E-state index contributed by atoms with van der Waals surface area (Å²) in [5.74, 6) is -3.50. The second kappa shape index (κ2) is 12.4. The Morgan fingerprint density at radius 1 is 1.12 bits per heavy atom. The largest absolute Gasteiger partial charge is 0.481 e. The summed E-state index contributed by atoms with van der Waals surface area (Å²) in [7, 11) is -4.84. The molecule has 136 valence electrons. The molecule has 0 bridgehead atoms. The topological polar surface area (TPSA) is 129 Å². The van der Waals surface area contributed by atoms with E-state index in [9.17, 15) is 18.0 Å². The van der Waals surface area contributed by atoms with E-state index in [2.05, 4.69) is 31.2 Å². The summed E-state index contributed by atoms with van der Waals surface area (Å²) in [6.45, 7) is 2.26. The van der Waals surface area contributed by atoms with Crippen molar-refractivity contribution in [3.63, 3.8) is 0 Å². The summed E-state index contributed by atoms with van der Waals surface area (Å²) in [5.41, 5.74) is 1.59. The molecule has 0 saturated carbocycles. The molecule has 0 radical (unpaired) electrons. The van der Waals surface area contributed by atoms with Gasteiger partial charge in [-0.1, -0.05) is 0 Å². The van der Waals surface area contributed by atoms with E-state index in [0.717, 1.165) is 0 Å². The van der Waals surface area contributed by atoms with Gasteiger partial charge >= 0.3 is 112 Å². The van der Waals surface area contributed by atoms with Crippen LogP contribution in [0.4, 0.5) is 0 Å². The fourth-order valence-electron chi connectivity index (χ4n) is 2.11. The summed E-state index contributed by atoms with van der Waals surface area (Å²) >= 11 is 1.19. The molecule has 0 aliphatic heterocycles. The van der Waals surface area contributed by atoms with Crippen molar-refractivity contribution in [2.75, 3.05) is 0 Å². The Morgan fingerprint density at radius 3 is 2.12 bits per heavy atom. The van der Waals surface area contributed by atoms with Crippen LogP contribution in [-0.4, -0.2) is 68.3 Å². The molecule has 7 nitrogen and oxygen atoms in total. The van der Waals surface area contributed by atoms with Crippen LogP contribution in [0.2, 0.25) is 0 Å². The van der Waals surface area contributed by atoms with Crippen molar-refractivity contribution >= 4 is 52.8 Å². The number of carbonyl (C=O) groups is 2. The van der Waals surface area contributed by atoms with Crippen molar-refractivity contribution in [2.24, 2.45) is 0 Å². The molecular weight excluding hydrogens is 359 g/mol. The number of aliphatic carboxylic acids is 2. The number of benzene rings is 1. The van der Waals surface area contributed by atoms with Crippen LogP contribution >= 0.6 is 0 Å². The van der Waals surface area contributed by atoms with Crippen LogP contribution in [0.25, 0.3) is 0 Å². The van der Waals surface area contributed by atoms with Gasteiger partial charge in [0.1, 0.15) is 0 Å². The predicted molar refractivity (Wildman–Crippen MR) is 94.9 cm³/mol. The Balaban J connectivity index is 0.000000463. The molecule has 9 heteroatoms. The van der Waals surface area contributed by atoms with Crippen molar-refractivity contribution in [3.05, 3.63) is 29.8 Å². The van der Waals surface area contributed by atoms with Crippen molar-refractivity contribution in [1.29, 1.82) is 0 Å². The van der Waals surface area contributed by atoms with Gasteiger partial charge in [-0.3, -0.25) is 14.1 Å². The molecular formula is C16H23NaO7S. The third-order valence-electron chi connectivity index (χ3n) is 3.56. The van der Waals surface area contributed by atoms with Crippen molar-refractivity contribution in [2.45, 2.75) is 50.7 Å². The Morgan fingerprint density at radius 2 is 1.72 bits per heavy atom. The number of unbranched alkanes of at least 4 members (excludes halogenated alkanes) is 3. The molecule has 0 aliphatic carbocycles. The second-order valence-corrected chi connectivity index (χ2v) is 8.35. The van der Waals surface area contributed by atoms with Crippen LogP contribution in [0.15, 0.2) is 24.3 Å². The molecule has 0 aromatic heterocycles. The van der Waals surface area contributed by atoms with Gasteiger partial charge in [-0.2, -0.15) is 8.42 Å². The summed E-state index contributed by atoms with van der Waals surface area (Å²) in [5, 5.41) is 13.9. The third-order valence-corrected chi connectivity index (χ3v) is 5.62. The first-order chi connectivity index (χ1) is 11.6. The molecule has 1 atom stereocenters. The smallest absolute Gasteiger partial charge is 0.325 e. The van der Waals surface area contributed by atoms with E-state index in [4.69, 9.17) is 14.8 Å². The predicted octanol–water partition coefficient (Wildman–Crippen LogP) is 1.41. The molecule has 0 heterocycles. The maximum absolute atomic E-state index is 10.2. The Kier molecular flexibility index (Phi) is 12.0. The van der Waals surface area contributed by atoms with Crippen molar-refractivity contribution in [3.8, 4) is 0 Å². The molecule has 0 aliphatic rings. The van der Waals surface area contributed by atoms with Gasteiger partial charge in [-0.15, -0.1) is 0 Å². The molecule has 1 aromatic rings. The van der Waals surface area contributed by atoms with Gasteiger partial charge in [0.15, 0.2) is 5.25 Å². The summed E-state index contributed by atoms with van der Waals surface area (Å²) in [6, 6.07) is 8.87. The van der Waals surface area contributed by atoms with Crippen molar-refractivity contribution < 1.29 is 32.8 Å². The molecule has 0 fully saturated rings. The number of aryl methyl sites for hydroxylation is 1. The van der Waals surface area contributed by atoms with E-state index in [0.29, 0.717) is 0 Å². The minimum Gasteiger partial charge on any atom is -0.481 e. The first-order valence-corrected chi connectivity index (χ1v) is 10.5. The van der Waals surface area contributed by atoms with Gasteiger partial charge in [0.25, 0.3) is 10.1 Å². The van der Waals surface area contributed by atoms with E-state index in [1.54, 1.807) is 8.38 Å². The van der Waals surface area contributed by atoms with E-state index >= 15 is 0 Å². The first-order valence-electron chi connectivity index (χ1n) is 8.05. The van der Waals surface area contributed by atoms with Crippen LogP contribution in [0.5, 0.6) is 0 Å². The van der Waals surface area contributed by atoms with E-state index in [1.165, 1.54) is 60.0 Å². The van der Waals surface area contributed by atoms with Gasteiger partial charge in [0.05, 0.1) is 6.42 Å². The second-order valence-electron chi connectivity index (χ2n) is 5.68. The van der Waals surface area contributed by atoms with Gasteiger partial charge < -0.3 is 10.2 Å². The molecule has 1 rings (SSSR count). The van der Waals surface area contributed by atoms with E-state index < -0.39 is 33.7 Å². The zero-order valence-corrected chi connectivity index (χ0v) is 17.3. The van der Waals surface area contributed by atoms with Gasteiger partial charge in [-0.05, 0) is 0 Å². The average Bonchev–Trinajstić information content (AvgIpc) is 2.50. The SMILES string of the molecule is CCCCCCc1cccc[c]1[Na].O=C(O)CC(C(=O)O)S(=O)(=O)O. The van der Waals surface area contributed by atoms with Gasteiger partial charge in [0, 0.05) is 0 Å². The van der Waals surface area contributed by atoms with Gasteiger partial charge in [0.2, 0.25) is 0 Å². The third kappa shape index (κ3) is 11.3. The quantitative estimate of drug-likeness (QED) is 0.334. The Hall–Kier alpha value is -0.930.